The topological polar surface area (TPSA) is 176 Å². The minimum Gasteiger partial charge on any atom is -0.377 e. The number of nitrogens with two attached hydrogens (primary N) is 1. The fourth-order valence-corrected chi connectivity index (χ4v) is 2.73. The van der Waals surface area contributed by atoms with Crippen molar-refractivity contribution in [1.82, 2.24) is 16.0 Å². The van der Waals surface area contributed by atoms with Crippen LogP contribution in [0.2, 0.25) is 0 Å². The van der Waals surface area contributed by atoms with Gasteiger partial charge in [-0.15, -0.1) is 0 Å². The Labute approximate surface area is 193 Å². The molecule has 184 valence electrons. The Morgan fingerprint density at radius 1 is 0.939 bits per heavy atom. The molecule has 1 rings (SSSR count). The molecule has 1 atom stereocenters. The van der Waals surface area contributed by atoms with E-state index in [9.17, 15) is 19.2 Å². The highest BCUT2D eigenvalue weighted by Gasteiger charge is 2.17. The van der Waals surface area contributed by atoms with Crippen molar-refractivity contribution in [1.29, 1.82) is 0 Å². The van der Waals surface area contributed by atoms with E-state index in [1.54, 1.807) is 31.2 Å². The van der Waals surface area contributed by atoms with Gasteiger partial charge in [0, 0.05) is 25.1 Å². The van der Waals surface area contributed by atoms with Gasteiger partial charge in [-0.3, -0.25) is 19.2 Å². The number of carbonyl (C=O) groups is 4. The molecule has 33 heavy (non-hydrogen) atoms. The number of hydrogen-bond donors (Lipinski definition) is 5. The average molecular weight is 467 g/mol. The van der Waals surface area contributed by atoms with Crippen LogP contribution in [0.25, 0.3) is 0 Å². The number of quaternary nitrogens is 1. The molecule has 0 fully saturated rings. The monoisotopic (exact) mass is 466 g/mol. The van der Waals surface area contributed by atoms with Crippen molar-refractivity contribution >= 4 is 29.3 Å². The molecule has 0 spiro atoms. The third kappa shape index (κ3) is 13.2. The van der Waals surface area contributed by atoms with Crippen LogP contribution in [-0.4, -0.2) is 69.2 Å². The molecule has 0 aliphatic rings. The SMILES string of the molecule is CCC(=O)NCCOCCOCC(=O)NC(CCCCNC(=O)c1ccc([NH3+])cc1)C(N)=O. The first-order valence-electron chi connectivity index (χ1n) is 11.0. The minimum atomic E-state index is -0.806. The Bertz CT molecular complexity index is 756. The van der Waals surface area contributed by atoms with Crippen molar-refractivity contribution in [3.8, 4) is 0 Å². The van der Waals surface area contributed by atoms with E-state index in [4.69, 9.17) is 15.2 Å². The van der Waals surface area contributed by atoms with Gasteiger partial charge < -0.3 is 36.9 Å². The molecule has 4 amide bonds. The summed E-state index contributed by atoms with van der Waals surface area (Å²) in [6.45, 7) is 3.24. The van der Waals surface area contributed by atoms with Crippen LogP contribution in [0.1, 0.15) is 43.0 Å². The van der Waals surface area contributed by atoms with Crippen LogP contribution >= 0.6 is 0 Å². The number of nitrogens with one attached hydrogen (secondary N) is 3. The number of unbranched alkanes of at least 4 members (excludes halogenated alkanes) is 1. The summed E-state index contributed by atoms with van der Waals surface area (Å²) in [5.41, 5.74) is 10.5. The van der Waals surface area contributed by atoms with Gasteiger partial charge >= 0.3 is 0 Å². The van der Waals surface area contributed by atoms with Crippen LogP contribution in [0.3, 0.4) is 0 Å². The van der Waals surface area contributed by atoms with Gasteiger partial charge in [-0.2, -0.15) is 0 Å². The molecule has 1 aromatic carbocycles. The fourth-order valence-electron chi connectivity index (χ4n) is 2.73. The predicted molar refractivity (Wildman–Crippen MR) is 121 cm³/mol. The first-order chi connectivity index (χ1) is 15.8. The van der Waals surface area contributed by atoms with Gasteiger partial charge in [0.2, 0.25) is 17.7 Å². The zero-order valence-corrected chi connectivity index (χ0v) is 19.2. The lowest BCUT2D eigenvalue weighted by Gasteiger charge is -2.15. The van der Waals surface area contributed by atoms with Gasteiger partial charge in [0.25, 0.3) is 5.91 Å². The third-order valence-corrected chi connectivity index (χ3v) is 4.59. The second-order valence-electron chi connectivity index (χ2n) is 7.34. The summed E-state index contributed by atoms with van der Waals surface area (Å²) in [6, 6.07) is 6.14. The van der Waals surface area contributed by atoms with E-state index in [0.29, 0.717) is 50.9 Å². The highest BCUT2D eigenvalue weighted by Crippen LogP contribution is 2.05. The fraction of sp³-hybridized carbons (Fsp3) is 0.545. The van der Waals surface area contributed by atoms with Crippen LogP contribution in [0.4, 0.5) is 5.69 Å². The molecule has 0 aliphatic carbocycles. The molecule has 0 aromatic heterocycles. The van der Waals surface area contributed by atoms with Gasteiger partial charge in [-0.25, -0.2) is 0 Å². The van der Waals surface area contributed by atoms with Crippen LogP contribution < -0.4 is 27.4 Å². The quantitative estimate of drug-likeness (QED) is 0.184. The number of hydrogen-bond acceptors (Lipinski definition) is 6. The van der Waals surface area contributed by atoms with Crippen molar-refractivity contribution in [3.63, 3.8) is 0 Å². The number of benzene rings is 1. The maximum absolute atomic E-state index is 12.0. The van der Waals surface area contributed by atoms with E-state index in [-0.39, 0.29) is 31.6 Å². The maximum Gasteiger partial charge on any atom is 0.251 e. The highest BCUT2D eigenvalue weighted by molar-refractivity contribution is 5.94. The van der Waals surface area contributed by atoms with Crippen molar-refractivity contribution < 1.29 is 34.4 Å². The molecule has 8 N–H and O–H groups in total. The Hall–Kier alpha value is -3.02. The third-order valence-electron chi connectivity index (χ3n) is 4.59. The van der Waals surface area contributed by atoms with Crippen molar-refractivity contribution in [2.75, 3.05) is 39.5 Å². The number of rotatable bonds is 17. The summed E-state index contributed by atoms with van der Waals surface area (Å²) in [5, 5.41) is 8.04. The molecule has 0 radical (unpaired) electrons. The summed E-state index contributed by atoms with van der Waals surface area (Å²) in [6.07, 6.45) is 2.01. The van der Waals surface area contributed by atoms with Crippen molar-refractivity contribution in [2.45, 2.75) is 38.6 Å². The van der Waals surface area contributed by atoms with Gasteiger partial charge in [0.05, 0.1) is 19.8 Å². The van der Waals surface area contributed by atoms with Crippen LogP contribution in [0, 0.1) is 0 Å². The lowest BCUT2D eigenvalue weighted by Crippen LogP contribution is -2.45. The van der Waals surface area contributed by atoms with E-state index in [2.05, 4.69) is 21.7 Å². The first kappa shape index (κ1) is 28.0. The lowest BCUT2D eigenvalue weighted by atomic mass is 10.1. The second kappa shape index (κ2) is 16.6. The van der Waals surface area contributed by atoms with E-state index in [1.807, 2.05) is 0 Å². The molecule has 0 bridgehead atoms. The molecule has 0 heterocycles. The largest absolute Gasteiger partial charge is 0.377 e. The van der Waals surface area contributed by atoms with Crippen LogP contribution in [-0.2, 0) is 23.9 Å². The number of primary amides is 1. The van der Waals surface area contributed by atoms with Crippen molar-refractivity contribution in [2.24, 2.45) is 5.73 Å². The Morgan fingerprint density at radius 3 is 2.30 bits per heavy atom. The first-order valence-corrected chi connectivity index (χ1v) is 11.0. The van der Waals surface area contributed by atoms with E-state index in [1.165, 1.54) is 0 Å². The maximum atomic E-state index is 12.0. The molecule has 11 heteroatoms. The molecule has 1 unspecified atom stereocenters. The molecule has 0 aliphatic heterocycles. The number of carbonyl (C=O) groups excluding carboxylic acids is 4. The summed E-state index contributed by atoms with van der Waals surface area (Å²) in [5.74, 6) is -1.30. The normalized spacial score (nSPS) is 11.5. The lowest BCUT2D eigenvalue weighted by molar-refractivity contribution is -0.254. The number of amides is 4. The summed E-state index contributed by atoms with van der Waals surface area (Å²) in [7, 11) is 0. The Morgan fingerprint density at radius 2 is 1.64 bits per heavy atom. The Kier molecular flexibility index (Phi) is 14.1. The second-order valence-corrected chi connectivity index (χ2v) is 7.34. The van der Waals surface area contributed by atoms with E-state index in [0.717, 1.165) is 5.69 Å². The highest BCUT2D eigenvalue weighted by atomic mass is 16.5. The summed E-state index contributed by atoms with van der Waals surface area (Å²) >= 11 is 0. The van der Waals surface area contributed by atoms with Crippen molar-refractivity contribution in [3.05, 3.63) is 29.8 Å². The van der Waals surface area contributed by atoms with Gasteiger partial charge in [0.1, 0.15) is 18.3 Å². The van der Waals surface area contributed by atoms with Gasteiger partial charge in [-0.1, -0.05) is 6.92 Å². The van der Waals surface area contributed by atoms with E-state index >= 15 is 0 Å². The van der Waals surface area contributed by atoms with Crippen LogP contribution in [0.5, 0.6) is 0 Å². The van der Waals surface area contributed by atoms with Crippen LogP contribution in [0.15, 0.2) is 24.3 Å². The van der Waals surface area contributed by atoms with E-state index < -0.39 is 17.9 Å². The average Bonchev–Trinajstić information content (AvgIpc) is 2.79. The minimum absolute atomic E-state index is 0.0412. The standard InChI is InChI=1S/C22H35N5O6/c1-2-19(28)25-11-12-32-13-14-33-15-20(29)27-18(21(24)30)5-3-4-10-26-22(31)16-6-8-17(23)9-7-16/h6-9,18H,2-5,10-15,23H2,1H3,(H2,24,30)(H,25,28)(H,26,31)(H,27,29)/p+1. The molecule has 1 aromatic rings. The van der Waals surface area contributed by atoms with Gasteiger partial charge in [-0.05, 0) is 43.5 Å². The summed E-state index contributed by atoms with van der Waals surface area (Å²) < 4.78 is 10.5. The summed E-state index contributed by atoms with van der Waals surface area (Å²) in [4.78, 5) is 46.7. The molecule has 0 saturated heterocycles. The Balaban J connectivity index is 2.13. The molecule has 0 saturated carbocycles. The van der Waals surface area contributed by atoms with Gasteiger partial charge in [0.15, 0.2) is 0 Å². The molecular weight excluding hydrogens is 430 g/mol. The smallest absolute Gasteiger partial charge is 0.251 e. The predicted octanol–water partition coefficient (Wildman–Crippen LogP) is -1.01. The molecular formula is C22H36N5O6+. The molecule has 11 nitrogen and oxygen atoms in total. The zero-order valence-electron chi connectivity index (χ0n) is 19.2. The zero-order chi connectivity index (χ0) is 24.5. The number of ether oxygens (including phenoxy) is 2.